The van der Waals surface area contributed by atoms with E-state index in [1.165, 1.54) is 0 Å². The molecule has 1 aliphatic rings. The number of anilines is 1. The maximum absolute atomic E-state index is 11.8. The van der Waals surface area contributed by atoms with Crippen LogP contribution in [0.25, 0.3) is 0 Å². The number of nitrogens with one attached hydrogen (secondary N) is 1. The normalized spacial score (nSPS) is 17.8. The zero-order valence-corrected chi connectivity index (χ0v) is 11.0. The predicted molar refractivity (Wildman–Crippen MR) is 77.9 cm³/mol. The molecule has 0 saturated carbocycles. The maximum atomic E-state index is 11.8. The van der Waals surface area contributed by atoms with Gasteiger partial charge in [0.1, 0.15) is 0 Å². The van der Waals surface area contributed by atoms with Gasteiger partial charge in [0.05, 0.1) is 11.4 Å². The van der Waals surface area contributed by atoms with Crippen LogP contribution in [0, 0.1) is 6.92 Å². The number of nitrogens with zero attached hydrogens (tertiary/aromatic N) is 1. The highest BCUT2D eigenvalue weighted by molar-refractivity contribution is 6.19. The van der Waals surface area contributed by atoms with Crippen molar-refractivity contribution >= 4 is 17.3 Å². The van der Waals surface area contributed by atoms with Crippen LogP contribution in [0.15, 0.2) is 53.5 Å². The van der Waals surface area contributed by atoms with Gasteiger partial charge in [-0.25, -0.2) is 4.99 Å². The standard InChI is InChI=1S/C16H14N2O2/c1-10-7-8-13-12(9-10)14(11-5-3-2-4-6-11)18-16(20)15(19)17-13/h2-9,16,20H,1H3,(H,17,19)/t16-/m0/s1. The van der Waals surface area contributed by atoms with Gasteiger partial charge in [0.15, 0.2) is 0 Å². The topological polar surface area (TPSA) is 61.7 Å². The lowest BCUT2D eigenvalue weighted by atomic mass is 9.99. The van der Waals surface area contributed by atoms with Crippen molar-refractivity contribution in [2.45, 2.75) is 13.2 Å². The van der Waals surface area contributed by atoms with Crippen LogP contribution in [0.3, 0.4) is 0 Å². The molecule has 2 aromatic carbocycles. The molecule has 0 radical (unpaired) electrons. The Morgan fingerprint density at radius 3 is 2.65 bits per heavy atom. The lowest BCUT2D eigenvalue weighted by molar-refractivity contribution is -0.123. The molecular weight excluding hydrogens is 252 g/mol. The number of aliphatic imine (C=N–C) groups is 1. The first-order chi connectivity index (χ1) is 9.65. The molecule has 2 N–H and O–H groups in total. The fourth-order valence-corrected chi connectivity index (χ4v) is 2.24. The summed E-state index contributed by atoms with van der Waals surface area (Å²) in [5.41, 5.74) is 4.05. The van der Waals surface area contributed by atoms with E-state index >= 15 is 0 Å². The lowest BCUT2D eigenvalue weighted by Crippen LogP contribution is -2.24. The van der Waals surface area contributed by atoms with Crippen molar-refractivity contribution in [2.75, 3.05) is 5.32 Å². The van der Waals surface area contributed by atoms with E-state index in [0.717, 1.165) is 16.7 Å². The molecular formula is C16H14N2O2. The van der Waals surface area contributed by atoms with Crippen molar-refractivity contribution < 1.29 is 9.90 Å². The van der Waals surface area contributed by atoms with Gasteiger partial charge in [0, 0.05) is 11.1 Å². The van der Waals surface area contributed by atoms with Crippen LogP contribution >= 0.6 is 0 Å². The molecule has 0 aliphatic carbocycles. The van der Waals surface area contributed by atoms with Crippen LogP contribution in [0.4, 0.5) is 5.69 Å². The number of carbonyl (C=O) groups is 1. The van der Waals surface area contributed by atoms with E-state index in [-0.39, 0.29) is 0 Å². The molecule has 4 heteroatoms. The van der Waals surface area contributed by atoms with Gasteiger partial charge in [-0.05, 0) is 19.1 Å². The summed E-state index contributed by atoms with van der Waals surface area (Å²) in [6.07, 6.45) is -1.39. The van der Waals surface area contributed by atoms with Gasteiger partial charge in [0.2, 0.25) is 6.23 Å². The largest absolute Gasteiger partial charge is 0.364 e. The average molecular weight is 266 g/mol. The summed E-state index contributed by atoms with van der Waals surface area (Å²) in [6.45, 7) is 1.98. The van der Waals surface area contributed by atoms with E-state index in [1.54, 1.807) is 0 Å². The second kappa shape index (κ2) is 4.90. The number of aliphatic hydroxyl groups excluding tert-OH is 1. The Hall–Kier alpha value is -2.46. The maximum Gasteiger partial charge on any atom is 0.276 e. The number of aliphatic hydroxyl groups is 1. The molecule has 0 fully saturated rings. The second-order valence-electron chi connectivity index (χ2n) is 4.76. The van der Waals surface area contributed by atoms with Crippen molar-refractivity contribution in [3.05, 3.63) is 65.2 Å². The Kier molecular flexibility index (Phi) is 3.08. The fraction of sp³-hybridized carbons (Fsp3) is 0.125. The molecule has 0 saturated heterocycles. The Balaban J connectivity index is 2.23. The number of hydrogen-bond donors (Lipinski definition) is 2. The van der Waals surface area contributed by atoms with Gasteiger partial charge in [-0.1, -0.05) is 42.0 Å². The highest BCUT2D eigenvalue weighted by Gasteiger charge is 2.23. The van der Waals surface area contributed by atoms with E-state index in [2.05, 4.69) is 10.3 Å². The van der Waals surface area contributed by atoms with Gasteiger partial charge in [-0.2, -0.15) is 0 Å². The van der Waals surface area contributed by atoms with E-state index in [4.69, 9.17) is 0 Å². The van der Waals surface area contributed by atoms with Crippen LogP contribution in [0.2, 0.25) is 0 Å². The molecule has 100 valence electrons. The molecule has 3 rings (SSSR count). The fourth-order valence-electron chi connectivity index (χ4n) is 2.24. The molecule has 20 heavy (non-hydrogen) atoms. The summed E-state index contributed by atoms with van der Waals surface area (Å²) in [4.78, 5) is 15.9. The molecule has 1 atom stereocenters. The summed E-state index contributed by atoms with van der Waals surface area (Å²) in [6, 6.07) is 15.2. The molecule has 0 spiro atoms. The monoisotopic (exact) mass is 266 g/mol. The molecule has 4 nitrogen and oxygen atoms in total. The Morgan fingerprint density at radius 1 is 1.15 bits per heavy atom. The Labute approximate surface area is 116 Å². The number of benzene rings is 2. The SMILES string of the molecule is Cc1ccc2c(c1)C(c1ccccc1)=N[C@@H](O)C(=O)N2. The molecule has 2 aromatic rings. The smallest absolute Gasteiger partial charge is 0.276 e. The van der Waals surface area contributed by atoms with Gasteiger partial charge < -0.3 is 10.4 Å². The molecule has 1 aliphatic heterocycles. The van der Waals surface area contributed by atoms with E-state index in [9.17, 15) is 9.90 Å². The zero-order chi connectivity index (χ0) is 14.1. The number of carbonyl (C=O) groups excluding carboxylic acids is 1. The van der Waals surface area contributed by atoms with Gasteiger partial charge in [-0.15, -0.1) is 0 Å². The minimum absolute atomic E-state index is 0.513. The molecule has 1 amide bonds. The molecule has 0 aromatic heterocycles. The molecule has 0 unspecified atom stereocenters. The number of amides is 1. The van der Waals surface area contributed by atoms with Crippen molar-refractivity contribution in [1.82, 2.24) is 0 Å². The zero-order valence-electron chi connectivity index (χ0n) is 11.0. The van der Waals surface area contributed by atoms with Crippen LogP contribution in [0.1, 0.15) is 16.7 Å². The summed E-state index contributed by atoms with van der Waals surface area (Å²) in [7, 11) is 0. The quantitative estimate of drug-likeness (QED) is 0.830. The summed E-state index contributed by atoms with van der Waals surface area (Å²) in [5, 5.41) is 12.5. The first-order valence-electron chi connectivity index (χ1n) is 6.38. The minimum Gasteiger partial charge on any atom is -0.364 e. The first-order valence-corrected chi connectivity index (χ1v) is 6.38. The number of benzodiazepines with no additional fused rings is 1. The van der Waals surface area contributed by atoms with E-state index < -0.39 is 12.1 Å². The highest BCUT2D eigenvalue weighted by atomic mass is 16.3. The lowest BCUT2D eigenvalue weighted by Gasteiger charge is -2.10. The number of aryl methyl sites for hydroxylation is 1. The third kappa shape index (κ3) is 2.21. The average Bonchev–Trinajstić information content (AvgIpc) is 2.58. The first kappa shape index (κ1) is 12.6. The van der Waals surface area contributed by atoms with Gasteiger partial charge in [-0.3, -0.25) is 4.79 Å². The minimum atomic E-state index is -1.39. The van der Waals surface area contributed by atoms with Crippen LogP contribution < -0.4 is 5.32 Å². The number of hydrogen-bond acceptors (Lipinski definition) is 3. The second-order valence-corrected chi connectivity index (χ2v) is 4.76. The molecule has 1 heterocycles. The summed E-state index contributed by atoms with van der Waals surface area (Å²) < 4.78 is 0. The number of fused-ring (bicyclic) bond motifs is 1. The van der Waals surface area contributed by atoms with Crippen LogP contribution in [-0.4, -0.2) is 23.0 Å². The number of rotatable bonds is 1. The van der Waals surface area contributed by atoms with Crippen molar-refractivity contribution in [3.8, 4) is 0 Å². The van der Waals surface area contributed by atoms with Crippen LogP contribution in [-0.2, 0) is 4.79 Å². The van der Waals surface area contributed by atoms with Crippen molar-refractivity contribution in [2.24, 2.45) is 4.99 Å². The third-order valence-electron chi connectivity index (χ3n) is 3.22. The molecule has 0 bridgehead atoms. The Morgan fingerprint density at radius 2 is 1.90 bits per heavy atom. The van der Waals surface area contributed by atoms with E-state index in [1.807, 2.05) is 55.5 Å². The van der Waals surface area contributed by atoms with Crippen molar-refractivity contribution in [3.63, 3.8) is 0 Å². The highest BCUT2D eigenvalue weighted by Crippen LogP contribution is 2.24. The Bertz CT molecular complexity index is 693. The summed E-state index contributed by atoms with van der Waals surface area (Å²) >= 11 is 0. The van der Waals surface area contributed by atoms with E-state index in [0.29, 0.717) is 11.4 Å². The third-order valence-corrected chi connectivity index (χ3v) is 3.22. The van der Waals surface area contributed by atoms with Crippen molar-refractivity contribution in [1.29, 1.82) is 0 Å². The van der Waals surface area contributed by atoms with Gasteiger partial charge in [0.25, 0.3) is 5.91 Å². The summed E-state index contributed by atoms with van der Waals surface area (Å²) in [5.74, 6) is -0.513. The predicted octanol–water partition coefficient (Wildman–Crippen LogP) is 2.10. The van der Waals surface area contributed by atoms with Gasteiger partial charge >= 0.3 is 0 Å². The van der Waals surface area contributed by atoms with Crippen LogP contribution in [0.5, 0.6) is 0 Å².